The summed E-state index contributed by atoms with van der Waals surface area (Å²) in [7, 11) is 1.68. The fourth-order valence-corrected chi connectivity index (χ4v) is 1.45. The van der Waals surface area contributed by atoms with Crippen molar-refractivity contribution < 1.29 is 9.13 Å². The van der Waals surface area contributed by atoms with Crippen molar-refractivity contribution in [1.82, 2.24) is 5.32 Å². The molecule has 3 heteroatoms. The summed E-state index contributed by atoms with van der Waals surface area (Å²) in [5.74, 6) is -0.179. The fourth-order valence-electron chi connectivity index (χ4n) is 1.45. The minimum Gasteiger partial charge on any atom is -0.383 e. The fraction of sp³-hybridized carbons (Fsp3) is 0.500. The molecule has 1 aromatic carbocycles. The number of nitrogens with one attached hydrogen (secondary N) is 1. The Hall–Kier alpha value is -0.930. The number of methoxy groups -OCH3 is 1. The van der Waals surface area contributed by atoms with Crippen LogP contribution in [-0.4, -0.2) is 19.8 Å². The second-order valence-electron chi connectivity index (χ2n) is 3.81. The van der Waals surface area contributed by atoms with Crippen molar-refractivity contribution >= 4 is 0 Å². The molecule has 0 saturated heterocycles. The third-order valence-corrected chi connectivity index (χ3v) is 2.36. The molecule has 0 heterocycles. The maximum atomic E-state index is 12.8. The van der Waals surface area contributed by atoms with Crippen molar-refractivity contribution in [1.29, 1.82) is 0 Å². The first-order valence-electron chi connectivity index (χ1n) is 5.11. The maximum absolute atomic E-state index is 12.8. The van der Waals surface area contributed by atoms with E-state index in [0.29, 0.717) is 12.6 Å². The zero-order valence-electron chi connectivity index (χ0n) is 9.51. The molecule has 0 bridgehead atoms. The van der Waals surface area contributed by atoms with Gasteiger partial charge < -0.3 is 10.1 Å². The van der Waals surface area contributed by atoms with E-state index in [1.54, 1.807) is 13.2 Å². The van der Waals surface area contributed by atoms with E-state index in [9.17, 15) is 4.39 Å². The van der Waals surface area contributed by atoms with Crippen LogP contribution in [0, 0.1) is 12.7 Å². The van der Waals surface area contributed by atoms with Gasteiger partial charge in [0, 0.05) is 19.7 Å². The van der Waals surface area contributed by atoms with Crippen LogP contribution in [0.15, 0.2) is 18.2 Å². The first-order chi connectivity index (χ1) is 7.13. The van der Waals surface area contributed by atoms with Crippen molar-refractivity contribution in [3.05, 3.63) is 35.1 Å². The largest absolute Gasteiger partial charge is 0.383 e. The quantitative estimate of drug-likeness (QED) is 0.806. The Morgan fingerprint density at radius 2 is 2.20 bits per heavy atom. The zero-order valence-corrected chi connectivity index (χ0v) is 9.51. The van der Waals surface area contributed by atoms with E-state index >= 15 is 0 Å². The Morgan fingerprint density at radius 3 is 2.80 bits per heavy atom. The van der Waals surface area contributed by atoms with Gasteiger partial charge in [-0.3, -0.25) is 0 Å². The van der Waals surface area contributed by atoms with Crippen LogP contribution in [0.25, 0.3) is 0 Å². The molecule has 1 unspecified atom stereocenters. The SMILES string of the molecule is COCC(C)NCc1ccc(F)cc1C. The molecule has 15 heavy (non-hydrogen) atoms. The van der Waals surface area contributed by atoms with Gasteiger partial charge in [-0.25, -0.2) is 4.39 Å². The number of hydrogen-bond donors (Lipinski definition) is 1. The predicted octanol–water partition coefficient (Wildman–Crippen LogP) is 2.26. The van der Waals surface area contributed by atoms with Crippen LogP contribution in [0.4, 0.5) is 4.39 Å². The summed E-state index contributed by atoms with van der Waals surface area (Å²) in [5.41, 5.74) is 2.10. The van der Waals surface area contributed by atoms with Gasteiger partial charge in [0.2, 0.25) is 0 Å². The van der Waals surface area contributed by atoms with Gasteiger partial charge in [0.05, 0.1) is 6.61 Å². The van der Waals surface area contributed by atoms with Gasteiger partial charge >= 0.3 is 0 Å². The lowest BCUT2D eigenvalue weighted by molar-refractivity contribution is 0.171. The summed E-state index contributed by atoms with van der Waals surface area (Å²) in [6, 6.07) is 5.17. The predicted molar refractivity (Wildman–Crippen MR) is 59.3 cm³/mol. The van der Waals surface area contributed by atoms with Crippen molar-refractivity contribution in [3.8, 4) is 0 Å². The summed E-state index contributed by atoms with van der Waals surface area (Å²) >= 11 is 0. The minimum absolute atomic E-state index is 0.179. The van der Waals surface area contributed by atoms with Gasteiger partial charge in [0.25, 0.3) is 0 Å². The molecule has 0 aliphatic rings. The van der Waals surface area contributed by atoms with E-state index in [2.05, 4.69) is 12.2 Å². The Bertz CT molecular complexity index is 314. The molecule has 0 aliphatic heterocycles. The van der Waals surface area contributed by atoms with E-state index in [0.717, 1.165) is 17.7 Å². The Morgan fingerprint density at radius 1 is 1.47 bits per heavy atom. The number of ether oxygens (including phenoxy) is 1. The molecule has 0 aromatic heterocycles. The van der Waals surface area contributed by atoms with Gasteiger partial charge in [-0.15, -0.1) is 0 Å². The van der Waals surface area contributed by atoms with Crippen LogP contribution in [-0.2, 0) is 11.3 Å². The number of halogens is 1. The van der Waals surface area contributed by atoms with Crippen molar-refractivity contribution in [2.45, 2.75) is 26.4 Å². The number of aryl methyl sites for hydroxylation is 1. The maximum Gasteiger partial charge on any atom is 0.123 e. The molecular weight excluding hydrogens is 193 g/mol. The minimum atomic E-state index is -0.179. The first kappa shape index (κ1) is 12.1. The monoisotopic (exact) mass is 211 g/mol. The first-order valence-corrected chi connectivity index (χ1v) is 5.11. The van der Waals surface area contributed by atoms with Gasteiger partial charge in [0.1, 0.15) is 5.82 Å². The Kier molecular flexibility index (Phi) is 4.72. The molecule has 84 valence electrons. The third-order valence-electron chi connectivity index (χ3n) is 2.36. The van der Waals surface area contributed by atoms with Gasteiger partial charge in [-0.2, -0.15) is 0 Å². The van der Waals surface area contributed by atoms with Crippen LogP contribution in [0.3, 0.4) is 0 Å². The van der Waals surface area contributed by atoms with Crippen molar-refractivity contribution in [2.24, 2.45) is 0 Å². The van der Waals surface area contributed by atoms with Gasteiger partial charge in [0.15, 0.2) is 0 Å². The van der Waals surface area contributed by atoms with E-state index in [1.807, 2.05) is 13.0 Å². The van der Waals surface area contributed by atoms with E-state index < -0.39 is 0 Å². The summed E-state index contributed by atoms with van der Waals surface area (Å²) in [5, 5.41) is 3.31. The third kappa shape index (κ3) is 3.98. The van der Waals surface area contributed by atoms with E-state index in [-0.39, 0.29) is 5.82 Å². The summed E-state index contributed by atoms with van der Waals surface area (Å²) < 4.78 is 17.8. The number of hydrogen-bond acceptors (Lipinski definition) is 2. The van der Waals surface area contributed by atoms with Crippen LogP contribution in [0.1, 0.15) is 18.1 Å². The summed E-state index contributed by atoms with van der Waals surface area (Å²) in [6.07, 6.45) is 0. The van der Waals surface area contributed by atoms with Crippen LogP contribution >= 0.6 is 0 Å². The van der Waals surface area contributed by atoms with E-state index in [4.69, 9.17) is 4.74 Å². The van der Waals surface area contributed by atoms with Crippen LogP contribution < -0.4 is 5.32 Å². The Balaban J connectivity index is 2.50. The molecule has 0 radical (unpaired) electrons. The molecule has 1 aromatic rings. The average molecular weight is 211 g/mol. The summed E-state index contributed by atoms with van der Waals surface area (Å²) in [6.45, 7) is 5.40. The smallest absolute Gasteiger partial charge is 0.123 e. The lowest BCUT2D eigenvalue weighted by Crippen LogP contribution is -2.29. The van der Waals surface area contributed by atoms with Gasteiger partial charge in [-0.1, -0.05) is 6.07 Å². The number of benzene rings is 1. The molecule has 0 saturated carbocycles. The average Bonchev–Trinajstić information content (AvgIpc) is 2.17. The van der Waals surface area contributed by atoms with Crippen LogP contribution in [0.2, 0.25) is 0 Å². The van der Waals surface area contributed by atoms with Gasteiger partial charge in [-0.05, 0) is 37.1 Å². The lowest BCUT2D eigenvalue weighted by Gasteiger charge is -2.13. The molecule has 2 nitrogen and oxygen atoms in total. The highest BCUT2D eigenvalue weighted by Gasteiger charge is 2.03. The molecule has 0 fully saturated rings. The summed E-state index contributed by atoms with van der Waals surface area (Å²) in [4.78, 5) is 0. The van der Waals surface area contributed by atoms with Crippen molar-refractivity contribution in [2.75, 3.05) is 13.7 Å². The van der Waals surface area contributed by atoms with Crippen LogP contribution in [0.5, 0.6) is 0 Å². The highest BCUT2D eigenvalue weighted by Crippen LogP contribution is 2.09. The second-order valence-corrected chi connectivity index (χ2v) is 3.81. The molecule has 1 atom stereocenters. The molecule has 1 rings (SSSR count). The van der Waals surface area contributed by atoms with E-state index in [1.165, 1.54) is 6.07 Å². The lowest BCUT2D eigenvalue weighted by atomic mass is 10.1. The molecule has 0 spiro atoms. The zero-order chi connectivity index (χ0) is 11.3. The number of rotatable bonds is 5. The van der Waals surface area contributed by atoms with Crippen molar-refractivity contribution in [3.63, 3.8) is 0 Å². The highest BCUT2D eigenvalue weighted by molar-refractivity contribution is 5.26. The topological polar surface area (TPSA) is 21.3 Å². The molecule has 0 amide bonds. The molecule has 0 aliphatic carbocycles. The Labute approximate surface area is 90.4 Å². The molecule has 1 N–H and O–H groups in total. The second kappa shape index (κ2) is 5.83. The molecular formula is C12H18FNO. The highest BCUT2D eigenvalue weighted by atomic mass is 19.1. The normalized spacial score (nSPS) is 12.8. The standard InChI is InChI=1S/C12H18FNO/c1-9-6-12(13)5-4-11(9)7-14-10(2)8-15-3/h4-6,10,14H,7-8H2,1-3H3.